The lowest BCUT2D eigenvalue weighted by atomic mass is 9.51. The maximum atomic E-state index is 12.6. The largest absolute Gasteiger partial charge is 0.459 e. The number of hydrogen-bond acceptors (Lipinski definition) is 5. The molecule has 1 heterocycles. The number of hydrogen-bond donors (Lipinski definition) is 1. The number of ether oxygens (including phenoxy) is 1. The number of likely N-dealkylation sites (tertiary alicyclic amines) is 1. The molecule has 1 N–H and O–H groups in total. The second-order valence-corrected chi connectivity index (χ2v) is 8.75. The number of nitrogens with zero attached hydrogens (tertiary/aromatic N) is 2. The Hall–Kier alpha value is -1.61. The van der Waals surface area contributed by atoms with Crippen molar-refractivity contribution in [2.24, 2.45) is 11.8 Å². The van der Waals surface area contributed by atoms with Crippen molar-refractivity contribution in [3.63, 3.8) is 0 Å². The number of carbonyl (C=O) groups excluding carboxylic acids is 2. The minimum absolute atomic E-state index is 0.0290. The van der Waals surface area contributed by atoms with Gasteiger partial charge in [-0.25, -0.2) is 0 Å². The van der Waals surface area contributed by atoms with E-state index in [1.165, 1.54) is 13.3 Å². The molecule has 6 nitrogen and oxygen atoms in total. The lowest BCUT2D eigenvalue weighted by Crippen LogP contribution is -2.66. The Morgan fingerprint density at radius 1 is 1.28 bits per heavy atom. The molecule has 4 aliphatic carbocycles. The molecule has 4 bridgehead atoms. The van der Waals surface area contributed by atoms with Crippen molar-refractivity contribution >= 4 is 11.9 Å². The third-order valence-corrected chi connectivity index (χ3v) is 6.70. The van der Waals surface area contributed by atoms with Gasteiger partial charge in [0.1, 0.15) is 11.6 Å². The van der Waals surface area contributed by atoms with Gasteiger partial charge in [0, 0.05) is 25.4 Å². The average Bonchev–Trinajstić information content (AvgIpc) is 2.98. The summed E-state index contributed by atoms with van der Waals surface area (Å²) in [4.78, 5) is 25.9. The van der Waals surface area contributed by atoms with Crippen molar-refractivity contribution in [3.05, 3.63) is 0 Å². The van der Waals surface area contributed by atoms with Gasteiger partial charge in [-0.05, 0) is 56.8 Å². The van der Waals surface area contributed by atoms with E-state index in [2.05, 4.69) is 11.4 Å². The van der Waals surface area contributed by atoms with E-state index in [4.69, 9.17) is 4.74 Å². The van der Waals surface area contributed by atoms with Gasteiger partial charge in [-0.3, -0.25) is 9.59 Å². The van der Waals surface area contributed by atoms with Crippen LogP contribution in [0.2, 0.25) is 0 Å². The van der Waals surface area contributed by atoms with Crippen LogP contribution in [0.5, 0.6) is 0 Å². The van der Waals surface area contributed by atoms with Gasteiger partial charge in [0.15, 0.2) is 0 Å². The minimum Gasteiger partial charge on any atom is -0.459 e. The smallest absolute Gasteiger partial charge is 0.303 e. The maximum Gasteiger partial charge on any atom is 0.303 e. The molecule has 25 heavy (non-hydrogen) atoms. The first-order valence-corrected chi connectivity index (χ1v) is 9.56. The predicted octanol–water partition coefficient (Wildman–Crippen LogP) is 1.75. The van der Waals surface area contributed by atoms with Crippen LogP contribution in [0.4, 0.5) is 0 Å². The molecule has 0 radical (unpaired) electrons. The third-order valence-electron chi connectivity index (χ3n) is 6.70. The molecule has 5 aliphatic rings. The second kappa shape index (κ2) is 5.98. The molecular formula is C19H27N3O3. The fourth-order valence-electron chi connectivity index (χ4n) is 6.37. The number of carbonyl (C=O) groups is 2. The summed E-state index contributed by atoms with van der Waals surface area (Å²) in [6.07, 6.45) is 7.83. The van der Waals surface area contributed by atoms with Gasteiger partial charge in [-0.1, -0.05) is 0 Å². The summed E-state index contributed by atoms with van der Waals surface area (Å²) in [5.41, 5.74) is -0.411. The van der Waals surface area contributed by atoms with E-state index in [9.17, 15) is 14.9 Å². The number of esters is 1. The lowest BCUT2D eigenvalue weighted by molar-refractivity contribution is -0.190. The van der Waals surface area contributed by atoms with Gasteiger partial charge in [0.25, 0.3) is 0 Å². The molecule has 4 saturated carbocycles. The van der Waals surface area contributed by atoms with Gasteiger partial charge >= 0.3 is 5.97 Å². The zero-order chi connectivity index (χ0) is 17.7. The molecule has 0 spiro atoms. The summed E-state index contributed by atoms with van der Waals surface area (Å²) >= 11 is 0. The Labute approximate surface area is 148 Å². The second-order valence-electron chi connectivity index (χ2n) is 8.75. The monoisotopic (exact) mass is 345 g/mol. The van der Waals surface area contributed by atoms with Crippen LogP contribution in [0.25, 0.3) is 0 Å². The summed E-state index contributed by atoms with van der Waals surface area (Å²) < 4.78 is 5.80. The Kier molecular flexibility index (Phi) is 4.03. The minimum atomic E-state index is -0.325. The van der Waals surface area contributed by atoms with Crippen molar-refractivity contribution < 1.29 is 14.3 Å². The molecule has 6 heteroatoms. The van der Waals surface area contributed by atoms with Crippen LogP contribution < -0.4 is 5.32 Å². The van der Waals surface area contributed by atoms with E-state index in [-0.39, 0.29) is 35.6 Å². The van der Waals surface area contributed by atoms with Crippen LogP contribution in [0.15, 0.2) is 0 Å². The van der Waals surface area contributed by atoms with Crippen LogP contribution in [-0.2, 0) is 14.3 Å². The Morgan fingerprint density at radius 3 is 2.64 bits per heavy atom. The Balaban J connectivity index is 1.44. The average molecular weight is 345 g/mol. The highest BCUT2D eigenvalue weighted by molar-refractivity contribution is 5.79. The quantitative estimate of drug-likeness (QED) is 0.785. The van der Waals surface area contributed by atoms with Crippen molar-refractivity contribution in [1.29, 1.82) is 5.26 Å². The van der Waals surface area contributed by atoms with Gasteiger partial charge in [-0.2, -0.15) is 5.26 Å². The first-order valence-electron chi connectivity index (χ1n) is 9.56. The first-order chi connectivity index (χ1) is 11.9. The molecule has 2 unspecified atom stereocenters. The van der Waals surface area contributed by atoms with Crippen molar-refractivity contribution in [1.82, 2.24) is 10.2 Å². The molecule has 1 saturated heterocycles. The van der Waals surface area contributed by atoms with Crippen molar-refractivity contribution in [3.8, 4) is 6.07 Å². The van der Waals surface area contributed by atoms with Gasteiger partial charge < -0.3 is 15.0 Å². The molecule has 3 atom stereocenters. The highest BCUT2D eigenvalue weighted by Gasteiger charge is 2.59. The van der Waals surface area contributed by atoms with Crippen LogP contribution in [-0.4, -0.2) is 47.0 Å². The maximum absolute atomic E-state index is 12.6. The summed E-state index contributed by atoms with van der Waals surface area (Å²) in [6.45, 7) is 2.47. The highest BCUT2D eigenvalue weighted by Crippen LogP contribution is 2.58. The SMILES string of the molecule is CC(=O)OC12CC3CC(CC(NCC(=O)N4CCC[C@H]4C#N)(C3)C1)C2. The highest BCUT2D eigenvalue weighted by atomic mass is 16.6. The molecule has 0 aromatic rings. The molecule has 0 aromatic heterocycles. The molecule has 5 fully saturated rings. The molecule has 136 valence electrons. The zero-order valence-corrected chi connectivity index (χ0v) is 14.9. The summed E-state index contributed by atoms with van der Waals surface area (Å²) in [7, 11) is 0. The first kappa shape index (κ1) is 16.8. The Bertz CT molecular complexity index is 612. The fraction of sp³-hybridized carbons (Fsp3) is 0.842. The van der Waals surface area contributed by atoms with Crippen LogP contribution in [0.1, 0.15) is 58.3 Å². The van der Waals surface area contributed by atoms with E-state index in [1.807, 2.05) is 0 Å². The van der Waals surface area contributed by atoms with Crippen LogP contribution >= 0.6 is 0 Å². The Morgan fingerprint density at radius 2 is 2.00 bits per heavy atom. The van der Waals surface area contributed by atoms with Crippen molar-refractivity contribution in [2.45, 2.75) is 75.5 Å². The standard InChI is InChI=1S/C19H27N3O3/c1-13(23)25-19-8-14-5-15(9-19)7-18(6-14,12-19)21-11-17(24)22-4-2-3-16(22)10-20/h14-16,21H,2-9,11-12H2,1H3/t14?,15?,16-,18?,19?/m0/s1. The molecule has 1 aliphatic heterocycles. The van der Waals surface area contributed by atoms with Crippen LogP contribution in [0.3, 0.4) is 0 Å². The number of amides is 1. The number of nitrogens with one attached hydrogen (secondary N) is 1. The topological polar surface area (TPSA) is 82.4 Å². The third kappa shape index (κ3) is 3.03. The van der Waals surface area contributed by atoms with Gasteiger partial charge in [0.2, 0.25) is 5.91 Å². The summed E-state index contributed by atoms with van der Waals surface area (Å²) in [6, 6.07) is 1.97. The van der Waals surface area contributed by atoms with E-state index < -0.39 is 0 Å². The molecule has 0 aromatic carbocycles. The normalized spacial score (nSPS) is 41.6. The van der Waals surface area contributed by atoms with E-state index in [0.29, 0.717) is 18.4 Å². The summed E-state index contributed by atoms with van der Waals surface area (Å²) in [5, 5.41) is 12.7. The molecule has 5 rings (SSSR count). The van der Waals surface area contributed by atoms with E-state index >= 15 is 0 Å². The molecular weight excluding hydrogens is 318 g/mol. The van der Waals surface area contributed by atoms with E-state index in [1.54, 1.807) is 4.90 Å². The molecule has 1 amide bonds. The van der Waals surface area contributed by atoms with Gasteiger partial charge in [0.05, 0.1) is 12.6 Å². The number of nitriles is 1. The van der Waals surface area contributed by atoms with Crippen LogP contribution in [0, 0.1) is 23.2 Å². The zero-order valence-electron chi connectivity index (χ0n) is 14.9. The predicted molar refractivity (Wildman–Crippen MR) is 90.3 cm³/mol. The van der Waals surface area contributed by atoms with Crippen molar-refractivity contribution in [2.75, 3.05) is 13.1 Å². The number of rotatable bonds is 4. The van der Waals surface area contributed by atoms with E-state index in [0.717, 1.165) is 44.9 Å². The summed E-state index contributed by atoms with van der Waals surface area (Å²) in [5.74, 6) is 1.01. The van der Waals surface area contributed by atoms with Gasteiger partial charge in [-0.15, -0.1) is 0 Å². The lowest BCUT2D eigenvalue weighted by Gasteiger charge is -2.61. The fourth-order valence-corrected chi connectivity index (χ4v) is 6.37.